The van der Waals surface area contributed by atoms with Crippen molar-refractivity contribution >= 4 is 29.3 Å². The van der Waals surface area contributed by atoms with Crippen LogP contribution in [0.1, 0.15) is 24.0 Å². The number of aryl methyl sites for hydroxylation is 1. The van der Waals surface area contributed by atoms with Crippen molar-refractivity contribution in [3.63, 3.8) is 0 Å². The number of anilines is 2. The summed E-state index contributed by atoms with van der Waals surface area (Å²) in [6, 6.07) is 11.4. The Kier molecular flexibility index (Phi) is 6.40. The quantitative estimate of drug-likeness (QED) is 0.567. The van der Waals surface area contributed by atoms with Gasteiger partial charge < -0.3 is 24.4 Å². The van der Waals surface area contributed by atoms with Gasteiger partial charge in [0.1, 0.15) is 13.2 Å². The molecule has 31 heavy (non-hydrogen) atoms. The zero-order valence-electron chi connectivity index (χ0n) is 17.6. The molecule has 0 spiro atoms. The number of rotatable bonds is 6. The third-order valence-electron chi connectivity index (χ3n) is 5.28. The van der Waals surface area contributed by atoms with Crippen LogP contribution in [0.3, 0.4) is 0 Å². The molecule has 1 amide bonds. The van der Waals surface area contributed by atoms with Crippen LogP contribution in [0.25, 0.3) is 6.08 Å². The number of carbonyl (C=O) groups excluding carboxylic acids is 2. The summed E-state index contributed by atoms with van der Waals surface area (Å²) < 4.78 is 16.0. The van der Waals surface area contributed by atoms with Crippen LogP contribution in [0, 0.1) is 6.92 Å². The van der Waals surface area contributed by atoms with Gasteiger partial charge in [-0.1, -0.05) is 6.07 Å². The molecule has 0 radical (unpaired) electrons. The number of ether oxygens (including phenoxy) is 3. The van der Waals surface area contributed by atoms with Gasteiger partial charge in [0, 0.05) is 30.5 Å². The molecule has 0 unspecified atom stereocenters. The van der Waals surface area contributed by atoms with Gasteiger partial charge in [0.25, 0.3) is 5.91 Å². The van der Waals surface area contributed by atoms with E-state index in [0.717, 1.165) is 29.9 Å². The Morgan fingerprint density at radius 1 is 1.06 bits per heavy atom. The van der Waals surface area contributed by atoms with Crippen molar-refractivity contribution in [2.45, 2.75) is 19.8 Å². The highest BCUT2D eigenvalue weighted by Gasteiger charge is 2.14. The maximum atomic E-state index is 12.2. The number of esters is 1. The van der Waals surface area contributed by atoms with E-state index in [1.54, 1.807) is 18.2 Å². The lowest BCUT2D eigenvalue weighted by Gasteiger charge is -2.19. The van der Waals surface area contributed by atoms with Gasteiger partial charge in [-0.15, -0.1) is 0 Å². The van der Waals surface area contributed by atoms with E-state index in [-0.39, 0.29) is 12.5 Å². The van der Waals surface area contributed by atoms with Crippen molar-refractivity contribution in [2.24, 2.45) is 0 Å². The van der Waals surface area contributed by atoms with Gasteiger partial charge in [-0.3, -0.25) is 4.79 Å². The number of benzene rings is 2. The van der Waals surface area contributed by atoms with E-state index >= 15 is 0 Å². The Hall–Kier alpha value is -3.48. The SMILES string of the molecule is Cc1cc(N2CCCC2)ccc1NC(=O)COC(=O)/C=C/c1ccc2c(c1)OCCO2. The van der Waals surface area contributed by atoms with Crippen molar-refractivity contribution in [1.29, 1.82) is 0 Å². The maximum Gasteiger partial charge on any atom is 0.331 e. The van der Waals surface area contributed by atoms with E-state index < -0.39 is 5.97 Å². The average molecular weight is 422 g/mol. The van der Waals surface area contributed by atoms with Gasteiger partial charge in [-0.2, -0.15) is 0 Å². The normalized spacial score (nSPS) is 15.2. The summed E-state index contributed by atoms with van der Waals surface area (Å²) in [6.45, 7) is 4.77. The van der Waals surface area contributed by atoms with Crippen LogP contribution in [-0.4, -0.2) is 44.8 Å². The molecule has 2 aromatic rings. The van der Waals surface area contributed by atoms with E-state index in [9.17, 15) is 9.59 Å². The first kappa shape index (κ1) is 20.8. The van der Waals surface area contributed by atoms with E-state index in [1.165, 1.54) is 24.6 Å². The number of nitrogens with one attached hydrogen (secondary N) is 1. The average Bonchev–Trinajstić information content (AvgIpc) is 3.32. The fraction of sp³-hybridized carbons (Fsp3) is 0.333. The Balaban J connectivity index is 1.26. The van der Waals surface area contributed by atoms with Crippen molar-refractivity contribution in [3.8, 4) is 11.5 Å². The third-order valence-corrected chi connectivity index (χ3v) is 5.28. The molecule has 0 aromatic heterocycles. The largest absolute Gasteiger partial charge is 0.486 e. The van der Waals surface area contributed by atoms with Crippen LogP contribution < -0.4 is 19.7 Å². The smallest absolute Gasteiger partial charge is 0.331 e. The molecule has 0 aliphatic carbocycles. The first-order valence-electron chi connectivity index (χ1n) is 10.5. The predicted molar refractivity (Wildman–Crippen MR) is 119 cm³/mol. The fourth-order valence-electron chi connectivity index (χ4n) is 3.66. The van der Waals surface area contributed by atoms with Crippen molar-refractivity contribution in [2.75, 3.05) is 43.1 Å². The summed E-state index contributed by atoms with van der Waals surface area (Å²) in [5.74, 6) is 0.364. The van der Waals surface area contributed by atoms with Crippen molar-refractivity contribution < 1.29 is 23.8 Å². The third kappa shape index (κ3) is 5.36. The first-order chi connectivity index (χ1) is 15.1. The highest BCUT2D eigenvalue weighted by molar-refractivity contribution is 5.95. The number of hydrogen-bond donors (Lipinski definition) is 1. The van der Waals surface area contributed by atoms with Gasteiger partial charge >= 0.3 is 5.97 Å². The molecule has 0 bridgehead atoms. The Labute approximate surface area is 181 Å². The molecule has 0 atom stereocenters. The molecule has 1 fully saturated rings. The van der Waals surface area contributed by atoms with E-state index in [1.807, 2.05) is 25.1 Å². The van der Waals surface area contributed by atoms with Crippen molar-refractivity contribution in [3.05, 3.63) is 53.6 Å². The first-order valence-corrected chi connectivity index (χ1v) is 10.5. The summed E-state index contributed by atoms with van der Waals surface area (Å²) in [5.41, 5.74) is 3.64. The zero-order chi connectivity index (χ0) is 21.6. The summed E-state index contributed by atoms with van der Waals surface area (Å²) >= 11 is 0. The van der Waals surface area contributed by atoms with Crippen LogP contribution in [0.4, 0.5) is 11.4 Å². The minimum Gasteiger partial charge on any atom is -0.486 e. The van der Waals surface area contributed by atoms with Crippen LogP contribution in [0.15, 0.2) is 42.5 Å². The second-order valence-corrected chi connectivity index (χ2v) is 7.59. The number of nitrogens with zero attached hydrogens (tertiary/aromatic N) is 1. The summed E-state index contributed by atoms with van der Waals surface area (Å²) in [6.07, 6.45) is 5.33. The standard InChI is InChI=1S/C24H26N2O5/c1-17-14-19(26-10-2-3-11-26)6-7-20(17)25-23(27)16-31-24(28)9-5-18-4-8-21-22(15-18)30-13-12-29-21/h4-9,14-15H,2-3,10-13,16H2,1H3,(H,25,27)/b9-5+. The molecule has 1 N–H and O–H groups in total. The molecule has 7 heteroatoms. The molecule has 2 aliphatic rings. The Morgan fingerprint density at radius 2 is 1.84 bits per heavy atom. The lowest BCUT2D eigenvalue weighted by atomic mass is 10.1. The highest BCUT2D eigenvalue weighted by atomic mass is 16.6. The monoisotopic (exact) mass is 422 g/mol. The minimum absolute atomic E-state index is 0.350. The molecule has 162 valence electrons. The molecule has 2 heterocycles. The fourth-order valence-corrected chi connectivity index (χ4v) is 3.66. The van der Waals surface area contributed by atoms with Crippen LogP contribution >= 0.6 is 0 Å². The van der Waals surface area contributed by atoms with E-state index in [0.29, 0.717) is 24.7 Å². The highest BCUT2D eigenvalue weighted by Crippen LogP contribution is 2.31. The van der Waals surface area contributed by atoms with Gasteiger partial charge in [0.2, 0.25) is 0 Å². The Morgan fingerprint density at radius 3 is 2.61 bits per heavy atom. The predicted octanol–water partition coefficient (Wildman–Crippen LogP) is 3.56. The van der Waals surface area contributed by atoms with Crippen LogP contribution in [0.2, 0.25) is 0 Å². The number of fused-ring (bicyclic) bond motifs is 1. The minimum atomic E-state index is -0.592. The summed E-state index contributed by atoms with van der Waals surface area (Å²) in [5, 5.41) is 2.80. The van der Waals surface area contributed by atoms with Gasteiger partial charge in [0.05, 0.1) is 0 Å². The van der Waals surface area contributed by atoms with Crippen LogP contribution in [0.5, 0.6) is 11.5 Å². The second kappa shape index (κ2) is 9.55. The lowest BCUT2D eigenvalue weighted by Crippen LogP contribution is -2.21. The van der Waals surface area contributed by atoms with Crippen molar-refractivity contribution in [1.82, 2.24) is 0 Å². The molecule has 7 nitrogen and oxygen atoms in total. The molecular formula is C24H26N2O5. The molecule has 2 aromatic carbocycles. The summed E-state index contributed by atoms with van der Waals surface area (Å²) in [4.78, 5) is 26.5. The second-order valence-electron chi connectivity index (χ2n) is 7.59. The lowest BCUT2D eigenvalue weighted by molar-refractivity contribution is -0.142. The van der Waals surface area contributed by atoms with E-state index in [4.69, 9.17) is 14.2 Å². The van der Waals surface area contributed by atoms with Gasteiger partial charge in [0.15, 0.2) is 18.1 Å². The van der Waals surface area contributed by atoms with Gasteiger partial charge in [-0.05, 0) is 67.3 Å². The topological polar surface area (TPSA) is 77.1 Å². The molecule has 0 saturated carbocycles. The molecule has 2 aliphatic heterocycles. The van der Waals surface area contributed by atoms with E-state index in [2.05, 4.69) is 16.3 Å². The zero-order valence-corrected chi connectivity index (χ0v) is 17.6. The number of hydrogen-bond acceptors (Lipinski definition) is 6. The number of carbonyl (C=O) groups is 2. The summed E-state index contributed by atoms with van der Waals surface area (Å²) in [7, 11) is 0. The number of amides is 1. The van der Waals surface area contributed by atoms with Crippen LogP contribution in [-0.2, 0) is 14.3 Å². The maximum absolute atomic E-state index is 12.2. The molecule has 4 rings (SSSR count). The van der Waals surface area contributed by atoms with Gasteiger partial charge in [-0.25, -0.2) is 4.79 Å². The molecule has 1 saturated heterocycles. The molecular weight excluding hydrogens is 396 g/mol. The Bertz CT molecular complexity index is 995.